The summed E-state index contributed by atoms with van der Waals surface area (Å²) in [5.41, 5.74) is 0. The molecule has 0 amide bonds. The third-order valence-corrected chi connectivity index (χ3v) is 12.9. The first-order valence-electron chi connectivity index (χ1n) is 24.4. The molecule has 22 nitrogen and oxygen atoms in total. The summed E-state index contributed by atoms with van der Waals surface area (Å²) < 4.78 is 64.4. The number of esters is 2. The lowest BCUT2D eigenvalue weighted by Crippen LogP contribution is -2.65. The standard InChI is InChI=1S/C46H83O19P3.3H3N/c1-3-5-7-9-11-13-15-17-19-20-21-23-25-27-29-31-33-35-40(48)62-38(36-60-39(47)34-32-30-28-26-24-22-18-16-14-12-10-8-6-4-2)37-61-68(58,59)65-44-41(49)42(50)45(63-66(52,53)54)46(43(44)51)64-67(55,56)57;;;/h11,13,17,19,21,23,27,29,38,41-46,49-51H,3-10,12,14-16,18,20,22,24-26,28,30-37H2,1-2H3,(H,58,59)(H2,52,53,54)(H2,55,56,57);3*1H3/b13-11-,19-17-,23-21-,29-27-;;;/t38-,41?,42?,43?,44+,45?,46+;;;/m1.../s1. The van der Waals surface area contributed by atoms with Crippen LogP contribution in [0.4, 0.5) is 0 Å². The van der Waals surface area contributed by atoms with Gasteiger partial charge in [0.05, 0.1) is 6.61 Å². The SMILES string of the molecule is CCCCC/C=C\C/C=C\C/C=C\C/C=C\CCCC(=O)O[C@H](COC(=O)CCCCCCCCCCCCCCCC)COP(=O)([O-])O[C@H]1C(O)C(O)C(OP(=O)([O-])O)[C@@H](OP(=O)([O-])O)C1O.[NH4+].[NH4+].[NH4+]. The second-order valence-electron chi connectivity index (χ2n) is 17.0. The molecule has 25 heteroatoms. The summed E-state index contributed by atoms with van der Waals surface area (Å²) in [7, 11) is -17.5. The monoisotopic (exact) mass is 1080 g/mol. The van der Waals surface area contributed by atoms with Crippen LogP contribution < -0.4 is 33.1 Å². The van der Waals surface area contributed by atoms with Gasteiger partial charge in [-0.2, -0.15) is 0 Å². The highest BCUT2D eigenvalue weighted by Crippen LogP contribution is 2.48. The maximum Gasteiger partial charge on any atom is 0.306 e. The number of aliphatic hydroxyl groups is 3. The maximum absolute atomic E-state index is 13.0. The lowest BCUT2D eigenvalue weighted by Gasteiger charge is -2.47. The fourth-order valence-electron chi connectivity index (χ4n) is 7.21. The largest absolute Gasteiger partial charge is 0.756 e. The summed E-state index contributed by atoms with van der Waals surface area (Å²) in [6.07, 6.45) is 23.2. The second-order valence-corrected chi connectivity index (χ2v) is 20.6. The minimum absolute atomic E-state index is 0. The number of carbonyl (C=O) groups excluding carboxylic acids is 2. The van der Waals surface area contributed by atoms with E-state index in [-0.39, 0.29) is 31.3 Å². The van der Waals surface area contributed by atoms with E-state index in [0.29, 0.717) is 25.7 Å². The van der Waals surface area contributed by atoms with E-state index >= 15 is 0 Å². The van der Waals surface area contributed by atoms with E-state index in [0.717, 1.165) is 44.9 Å². The van der Waals surface area contributed by atoms with Crippen LogP contribution in [0.5, 0.6) is 0 Å². The molecule has 1 aliphatic rings. The first-order valence-corrected chi connectivity index (χ1v) is 28.8. The Kier molecular flexibility index (Phi) is 44.6. The van der Waals surface area contributed by atoms with Crippen LogP contribution in [0.1, 0.15) is 174 Å². The van der Waals surface area contributed by atoms with Crippen LogP contribution in [0, 0.1) is 0 Å². The first-order chi connectivity index (χ1) is 32.3. The normalized spacial score (nSPS) is 22.3. The van der Waals surface area contributed by atoms with Gasteiger partial charge in [-0.25, -0.2) is 0 Å². The smallest absolute Gasteiger partial charge is 0.306 e. The van der Waals surface area contributed by atoms with Gasteiger partial charge in [0.1, 0.15) is 43.2 Å². The average molecular weight is 1080 g/mol. The van der Waals surface area contributed by atoms with Gasteiger partial charge in [-0.1, -0.05) is 159 Å². The number of hydrogen-bond acceptors (Lipinski definition) is 17. The second kappa shape index (κ2) is 43.3. The quantitative estimate of drug-likeness (QED) is 0.0124. The number of phosphoric ester groups is 3. The Bertz CT molecular complexity index is 1630. The van der Waals surface area contributed by atoms with Gasteiger partial charge < -0.3 is 85.8 Å². The Morgan fingerprint density at radius 1 is 0.493 bits per heavy atom. The minimum Gasteiger partial charge on any atom is -0.756 e. The van der Waals surface area contributed by atoms with Crippen LogP contribution in [0.15, 0.2) is 48.6 Å². The first kappa shape index (κ1) is 73.2. The van der Waals surface area contributed by atoms with Crippen molar-refractivity contribution in [3.05, 3.63) is 48.6 Å². The molecule has 1 rings (SSSR count). The Balaban J connectivity index is -0.0000154. The van der Waals surface area contributed by atoms with Gasteiger partial charge >= 0.3 is 11.9 Å². The van der Waals surface area contributed by atoms with Crippen molar-refractivity contribution in [2.75, 3.05) is 13.2 Å². The molecule has 71 heavy (non-hydrogen) atoms. The molecular weight excluding hydrogens is 991 g/mol. The molecule has 0 bridgehead atoms. The number of carbonyl (C=O) groups is 2. The minimum atomic E-state index is -5.89. The van der Waals surface area contributed by atoms with E-state index in [1.807, 2.05) is 18.2 Å². The zero-order chi connectivity index (χ0) is 50.7. The van der Waals surface area contributed by atoms with Gasteiger partial charge in [-0.15, -0.1) is 0 Å². The van der Waals surface area contributed by atoms with E-state index in [1.165, 1.54) is 77.0 Å². The van der Waals surface area contributed by atoms with Crippen LogP contribution in [0.3, 0.4) is 0 Å². The number of rotatable bonds is 41. The van der Waals surface area contributed by atoms with Crippen molar-refractivity contribution in [3.8, 4) is 0 Å². The highest BCUT2D eigenvalue weighted by Gasteiger charge is 2.54. The number of allylic oxidation sites excluding steroid dienone is 8. The number of quaternary nitrogens is 3. The number of ether oxygens (including phenoxy) is 2. The molecule has 0 aromatic rings. The van der Waals surface area contributed by atoms with Crippen LogP contribution in [-0.4, -0.2) is 93.0 Å². The number of unbranched alkanes of at least 4 members (excludes halogenated alkanes) is 17. The summed E-state index contributed by atoms with van der Waals surface area (Å²) in [4.78, 5) is 79.5. The summed E-state index contributed by atoms with van der Waals surface area (Å²) in [6.45, 7) is 2.75. The highest BCUT2D eigenvalue weighted by atomic mass is 31.2. The molecular formula is C46H92N3O19P3. The topological polar surface area (TPSA) is 421 Å². The summed E-state index contributed by atoms with van der Waals surface area (Å²) in [5, 5.41) is 31.7. The van der Waals surface area contributed by atoms with Crippen LogP contribution >= 0.6 is 23.5 Å². The Morgan fingerprint density at radius 3 is 1.34 bits per heavy atom. The third kappa shape index (κ3) is 39.1. The van der Waals surface area contributed by atoms with Gasteiger partial charge in [0.25, 0.3) is 23.5 Å². The van der Waals surface area contributed by atoms with Crippen molar-refractivity contribution in [1.29, 1.82) is 0 Å². The summed E-state index contributed by atoms with van der Waals surface area (Å²) in [5.74, 6) is -1.42. The molecule has 1 fully saturated rings. The van der Waals surface area contributed by atoms with Crippen molar-refractivity contribution in [2.24, 2.45) is 0 Å². The zero-order valence-electron chi connectivity index (χ0n) is 43.0. The van der Waals surface area contributed by atoms with Gasteiger partial charge in [-0.05, 0) is 51.4 Å². The molecule has 1 aliphatic carbocycles. The van der Waals surface area contributed by atoms with Gasteiger partial charge in [0.2, 0.25) is 0 Å². The van der Waals surface area contributed by atoms with Gasteiger partial charge in [-0.3, -0.25) is 23.3 Å². The zero-order valence-corrected chi connectivity index (χ0v) is 45.7. The lowest BCUT2D eigenvalue weighted by atomic mass is 9.85. The highest BCUT2D eigenvalue weighted by molar-refractivity contribution is 7.46. The molecule has 0 aromatic carbocycles. The average Bonchev–Trinajstić information content (AvgIpc) is 3.27. The van der Waals surface area contributed by atoms with E-state index in [1.54, 1.807) is 0 Å². The summed E-state index contributed by atoms with van der Waals surface area (Å²) in [6, 6.07) is 0. The molecule has 0 saturated heterocycles. The van der Waals surface area contributed by atoms with E-state index in [2.05, 4.69) is 53.3 Å². The molecule has 10 atom stereocenters. The summed E-state index contributed by atoms with van der Waals surface area (Å²) >= 11 is 0. The fourth-order valence-corrected chi connectivity index (χ4v) is 9.27. The predicted molar refractivity (Wildman–Crippen MR) is 268 cm³/mol. The molecule has 0 spiro atoms. The molecule has 0 aliphatic heterocycles. The lowest BCUT2D eigenvalue weighted by molar-refractivity contribution is -0.280. The van der Waals surface area contributed by atoms with E-state index < -0.39 is 91.3 Å². The number of phosphoric acid groups is 3. The Hall–Kier alpha value is -2.01. The van der Waals surface area contributed by atoms with E-state index in [9.17, 15) is 58.2 Å². The van der Waals surface area contributed by atoms with Crippen molar-refractivity contribution in [1.82, 2.24) is 18.5 Å². The van der Waals surface area contributed by atoms with Gasteiger partial charge in [0, 0.05) is 12.8 Å². The molecule has 17 N–H and O–H groups in total. The fraction of sp³-hybridized carbons (Fsp3) is 0.783. The molecule has 0 radical (unpaired) electrons. The van der Waals surface area contributed by atoms with Crippen molar-refractivity contribution in [3.63, 3.8) is 0 Å². The Morgan fingerprint density at radius 2 is 0.873 bits per heavy atom. The van der Waals surface area contributed by atoms with Crippen molar-refractivity contribution in [2.45, 2.75) is 217 Å². The van der Waals surface area contributed by atoms with E-state index in [4.69, 9.17) is 23.4 Å². The van der Waals surface area contributed by atoms with Crippen LogP contribution in [-0.2, 0) is 50.9 Å². The van der Waals surface area contributed by atoms with Crippen LogP contribution in [0.25, 0.3) is 0 Å². The molecule has 7 unspecified atom stereocenters. The molecule has 1 saturated carbocycles. The van der Waals surface area contributed by atoms with Crippen molar-refractivity contribution >= 4 is 35.4 Å². The molecule has 0 heterocycles. The van der Waals surface area contributed by atoms with Gasteiger partial charge in [0.15, 0.2) is 6.10 Å². The predicted octanol–water partition coefficient (Wildman–Crippen LogP) is 8.25. The molecule has 0 aromatic heterocycles. The maximum atomic E-state index is 13.0. The van der Waals surface area contributed by atoms with Crippen molar-refractivity contribution < 1.29 is 90.6 Å². The third-order valence-electron chi connectivity index (χ3n) is 10.9. The molecule has 420 valence electrons. The Labute approximate surface area is 422 Å². The number of hydrogen-bond donors (Lipinski definition) is 8. The number of aliphatic hydroxyl groups excluding tert-OH is 3. The van der Waals surface area contributed by atoms with Crippen LogP contribution in [0.2, 0.25) is 0 Å².